The number of hydrogen-bond donors (Lipinski definition) is 3. The molecule has 0 fully saturated rings. The third-order valence-electron chi connectivity index (χ3n) is 2.71. The zero-order chi connectivity index (χ0) is 17.3. The summed E-state index contributed by atoms with van der Waals surface area (Å²) in [6.45, 7) is 6.26. The highest BCUT2D eigenvalue weighted by atomic mass is 32.2. The highest BCUT2D eigenvalue weighted by Crippen LogP contribution is 2.19. The van der Waals surface area contributed by atoms with Gasteiger partial charge in [-0.3, -0.25) is 10.3 Å². The van der Waals surface area contributed by atoms with Gasteiger partial charge < -0.3 is 5.32 Å². The summed E-state index contributed by atoms with van der Waals surface area (Å²) >= 11 is 0. The first-order chi connectivity index (χ1) is 10.9. The minimum Gasteiger partial charge on any atom is -0.384 e. The van der Waals surface area contributed by atoms with Gasteiger partial charge in [0.25, 0.3) is 10.0 Å². The van der Waals surface area contributed by atoms with Gasteiger partial charge in [-0.05, 0) is 26.3 Å². The molecule has 1 rings (SSSR count). The Morgan fingerprint density at radius 3 is 2.83 bits per heavy atom. The molecule has 8 nitrogen and oxygen atoms in total. The summed E-state index contributed by atoms with van der Waals surface area (Å²) in [6.07, 6.45) is 6.36. The predicted octanol–water partition coefficient (Wildman–Crippen LogP) is 1.41. The first kappa shape index (κ1) is 18.7. The van der Waals surface area contributed by atoms with Gasteiger partial charge in [0.15, 0.2) is 6.19 Å². The van der Waals surface area contributed by atoms with E-state index in [0.717, 1.165) is 12.8 Å². The van der Waals surface area contributed by atoms with E-state index < -0.39 is 10.0 Å². The standard InChI is InChI=1S/C14H22N6O2S/c1-4-5-7-17-12-6-8-16-9-13(12)23(21,22)20-14(18-10-15)19-11(2)3/h6,8-9,11H,4-5,7H2,1-3H3,(H,16,17)(H2,18,19,20). The van der Waals surface area contributed by atoms with E-state index in [9.17, 15) is 8.42 Å². The second kappa shape index (κ2) is 8.95. The van der Waals surface area contributed by atoms with Crippen molar-refractivity contribution in [1.29, 1.82) is 5.26 Å². The monoisotopic (exact) mass is 338 g/mol. The molecule has 1 aromatic heterocycles. The Hall–Kier alpha value is -2.34. The molecule has 0 atom stereocenters. The molecule has 0 saturated heterocycles. The lowest BCUT2D eigenvalue weighted by molar-refractivity contribution is 0.591. The Labute approximate surface area is 137 Å². The first-order valence-electron chi connectivity index (χ1n) is 7.34. The second-order valence-electron chi connectivity index (χ2n) is 5.07. The average molecular weight is 338 g/mol. The third kappa shape index (κ3) is 6.12. The van der Waals surface area contributed by atoms with Crippen molar-refractivity contribution in [2.75, 3.05) is 11.9 Å². The van der Waals surface area contributed by atoms with Gasteiger partial charge in [-0.2, -0.15) is 5.26 Å². The van der Waals surface area contributed by atoms with Gasteiger partial charge in [0, 0.05) is 25.0 Å². The number of rotatable bonds is 7. The van der Waals surface area contributed by atoms with E-state index in [2.05, 4.69) is 32.3 Å². The fraction of sp³-hybridized carbons (Fsp3) is 0.500. The van der Waals surface area contributed by atoms with Gasteiger partial charge in [0.1, 0.15) is 4.90 Å². The Morgan fingerprint density at radius 2 is 2.22 bits per heavy atom. The van der Waals surface area contributed by atoms with E-state index in [-0.39, 0.29) is 16.9 Å². The summed E-state index contributed by atoms with van der Waals surface area (Å²) in [4.78, 5) is 7.91. The first-order valence-corrected chi connectivity index (χ1v) is 8.82. The number of pyridine rings is 1. The molecule has 0 unspecified atom stereocenters. The fourth-order valence-electron chi connectivity index (χ4n) is 1.72. The van der Waals surface area contributed by atoms with Gasteiger partial charge in [0.2, 0.25) is 5.96 Å². The Kier molecular flexibility index (Phi) is 7.28. The van der Waals surface area contributed by atoms with E-state index in [4.69, 9.17) is 5.26 Å². The lowest BCUT2D eigenvalue weighted by Crippen LogP contribution is -2.39. The molecule has 1 aromatic rings. The topological polar surface area (TPSA) is 119 Å². The van der Waals surface area contributed by atoms with Crippen molar-refractivity contribution in [1.82, 2.24) is 15.0 Å². The van der Waals surface area contributed by atoms with Crippen molar-refractivity contribution in [3.8, 4) is 6.19 Å². The molecule has 23 heavy (non-hydrogen) atoms. The molecule has 0 radical (unpaired) electrons. The van der Waals surface area contributed by atoms with Crippen LogP contribution in [0.25, 0.3) is 0 Å². The quantitative estimate of drug-likeness (QED) is 0.227. The number of aliphatic imine (C=N–C) groups is 1. The summed E-state index contributed by atoms with van der Waals surface area (Å²) in [5, 5.41) is 14.0. The minimum atomic E-state index is -3.91. The summed E-state index contributed by atoms with van der Waals surface area (Å²) < 4.78 is 27.3. The van der Waals surface area contributed by atoms with Crippen LogP contribution >= 0.6 is 0 Å². The van der Waals surface area contributed by atoms with Crippen LogP contribution in [0.5, 0.6) is 0 Å². The number of nitriles is 1. The minimum absolute atomic E-state index is 0.00676. The van der Waals surface area contributed by atoms with Crippen LogP contribution in [0, 0.1) is 11.5 Å². The molecule has 0 saturated carbocycles. The van der Waals surface area contributed by atoms with E-state index in [1.807, 2.05) is 0 Å². The highest BCUT2D eigenvalue weighted by Gasteiger charge is 2.20. The molecule has 0 aromatic carbocycles. The number of hydrogen-bond acceptors (Lipinski definition) is 6. The van der Waals surface area contributed by atoms with Crippen molar-refractivity contribution in [3.05, 3.63) is 18.5 Å². The Bertz CT molecular complexity index is 679. The molecule has 0 aliphatic rings. The lowest BCUT2D eigenvalue weighted by atomic mass is 10.3. The zero-order valence-electron chi connectivity index (χ0n) is 13.5. The van der Waals surface area contributed by atoms with Crippen LogP contribution in [0.4, 0.5) is 5.69 Å². The fourth-order valence-corrected chi connectivity index (χ4v) is 2.82. The summed E-state index contributed by atoms with van der Waals surface area (Å²) in [5.74, 6) is -0.120. The third-order valence-corrected chi connectivity index (χ3v) is 4.08. The van der Waals surface area contributed by atoms with E-state index in [1.54, 1.807) is 26.1 Å². The number of nitrogens with zero attached hydrogens (tertiary/aromatic N) is 3. The maximum absolute atomic E-state index is 12.5. The molecular formula is C14H22N6O2S. The number of guanidine groups is 1. The molecule has 0 aliphatic heterocycles. The number of nitrogens with one attached hydrogen (secondary N) is 3. The van der Waals surface area contributed by atoms with Gasteiger partial charge in [-0.25, -0.2) is 18.1 Å². The van der Waals surface area contributed by atoms with Crippen LogP contribution in [0.2, 0.25) is 0 Å². The summed E-state index contributed by atoms with van der Waals surface area (Å²) in [6, 6.07) is 1.42. The molecule has 0 bridgehead atoms. The maximum atomic E-state index is 12.5. The van der Waals surface area contributed by atoms with Crippen molar-refractivity contribution < 1.29 is 8.42 Å². The zero-order valence-corrected chi connectivity index (χ0v) is 14.3. The Balaban J connectivity index is 3.06. The number of sulfonamides is 1. The number of anilines is 1. The largest absolute Gasteiger partial charge is 0.384 e. The van der Waals surface area contributed by atoms with Gasteiger partial charge in [-0.15, -0.1) is 0 Å². The van der Waals surface area contributed by atoms with Crippen molar-refractivity contribution in [3.63, 3.8) is 0 Å². The van der Waals surface area contributed by atoms with Crippen LogP contribution < -0.4 is 15.4 Å². The molecule has 0 amide bonds. The average Bonchev–Trinajstić information content (AvgIpc) is 2.47. The molecular weight excluding hydrogens is 316 g/mol. The lowest BCUT2D eigenvalue weighted by Gasteiger charge is -2.14. The molecule has 3 N–H and O–H groups in total. The van der Waals surface area contributed by atoms with Crippen LogP contribution in [0.1, 0.15) is 33.6 Å². The van der Waals surface area contributed by atoms with Crippen molar-refractivity contribution in [2.24, 2.45) is 4.99 Å². The number of aromatic nitrogens is 1. The van der Waals surface area contributed by atoms with Crippen molar-refractivity contribution >= 4 is 21.7 Å². The van der Waals surface area contributed by atoms with Crippen LogP contribution in [0.15, 0.2) is 28.3 Å². The molecule has 9 heteroatoms. The van der Waals surface area contributed by atoms with Crippen LogP contribution in [0.3, 0.4) is 0 Å². The summed E-state index contributed by atoms with van der Waals surface area (Å²) in [7, 11) is -3.91. The second-order valence-corrected chi connectivity index (χ2v) is 6.72. The highest BCUT2D eigenvalue weighted by molar-refractivity contribution is 7.90. The number of unbranched alkanes of at least 4 members (excludes halogenated alkanes) is 1. The Morgan fingerprint density at radius 1 is 1.48 bits per heavy atom. The smallest absolute Gasteiger partial charge is 0.267 e. The van der Waals surface area contributed by atoms with Gasteiger partial charge in [0.05, 0.1) is 5.69 Å². The molecule has 0 aliphatic carbocycles. The van der Waals surface area contributed by atoms with Crippen LogP contribution in [-0.4, -0.2) is 31.9 Å². The molecule has 126 valence electrons. The maximum Gasteiger partial charge on any atom is 0.267 e. The van der Waals surface area contributed by atoms with Crippen molar-refractivity contribution in [2.45, 2.75) is 44.6 Å². The van der Waals surface area contributed by atoms with E-state index >= 15 is 0 Å². The van der Waals surface area contributed by atoms with E-state index in [0.29, 0.717) is 12.2 Å². The van der Waals surface area contributed by atoms with Crippen LogP contribution in [-0.2, 0) is 10.0 Å². The van der Waals surface area contributed by atoms with E-state index in [1.165, 1.54) is 12.4 Å². The molecule has 1 heterocycles. The van der Waals surface area contributed by atoms with Gasteiger partial charge in [-0.1, -0.05) is 13.3 Å². The molecule has 0 spiro atoms. The predicted molar refractivity (Wildman–Crippen MR) is 89.3 cm³/mol. The SMILES string of the molecule is CCCCNc1ccncc1S(=O)(=O)NC(=NC(C)C)NC#N. The van der Waals surface area contributed by atoms with Gasteiger partial charge >= 0.3 is 0 Å². The normalized spacial score (nSPS) is 11.9. The summed E-state index contributed by atoms with van der Waals surface area (Å²) in [5.41, 5.74) is 0.460.